The molecule has 0 aliphatic heterocycles. The summed E-state index contributed by atoms with van der Waals surface area (Å²) in [7, 11) is 1.54. The molecule has 0 saturated carbocycles. The first-order valence-corrected chi connectivity index (χ1v) is 9.24. The van der Waals surface area contributed by atoms with Gasteiger partial charge >= 0.3 is 5.69 Å². The Labute approximate surface area is 163 Å². The first kappa shape index (κ1) is 21.1. The molecule has 4 N–H and O–H groups in total. The van der Waals surface area contributed by atoms with Gasteiger partial charge in [-0.15, -0.1) is 0 Å². The summed E-state index contributed by atoms with van der Waals surface area (Å²) in [6.07, 6.45) is 1.59. The van der Waals surface area contributed by atoms with Crippen LogP contribution in [-0.4, -0.2) is 35.7 Å². The summed E-state index contributed by atoms with van der Waals surface area (Å²) in [5, 5.41) is 3.01. The fourth-order valence-electron chi connectivity index (χ4n) is 2.89. The van der Waals surface area contributed by atoms with E-state index in [1.807, 2.05) is 19.1 Å². The molecule has 9 heteroatoms. The Morgan fingerprint density at radius 3 is 2.64 bits per heavy atom. The number of hydrogen-bond acceptors (Lipinski definition) is 6. The Bertz CT molecular complexity index is 935. The van der Waals surface area contributed by atoms with Crippen molar-refractivity contribution in [2.45, 2.75) is 33.2 Å². The maximum absolute atomic E-state index is 12.8. The van der Waals surface area contributed by atoms with Crippen molar-refractivity contribution in [1.82, 2.24) is 9.55 Å². The van der Waals surface area contributed by atoms with Gasteiger partial charge < -0.3 is 20.7 Å². The van der Waals surface area contributed by atoms with Gasteiger partial charge in [-0.3, -0.25) is 19.1 Å². The number of para-hydroxylation sites is 2. The fraction of sp³-hybridized carbons (Fsp3) is 0.421. The molecule has 28 heavy (non-hydrogen) atoms. The number of nitrogens with two attached hydrogens (primary N) is 1. The third-order valence-electron chi connectivity index (χ3n) is 4.37. The van der Waals surface area contributed by atoms with Gasteiger partial charge in [0.05, 0.1) is 19.3 Å². The molecule has 0 saturated heterocycles. The van der Waals surface area contributed by atoms with E-state index in [2.05, 4.69) is 10.3 Å². The highest BCUT2D eigenvalue weighted by molar-refractivity contribution is 5.98. The number of rotatable bonds is 9. The number of unbranched alkanes of at least 4 members (excludes halogenated alkanes) is 1. The molecular weight excluding hydrogens is 362 g/mol. The van der Waals surface area contributed by atoms with Gasteiger partial charge in [-0.1, -0.05) is 25.5 Å². The van der Waals surface area contributed by atoms with Crippen molar-refractivity contribution in [3.63, 3.8) is 0 Å². The zero-order valence-electron chi connectivity index (χ0n) is 16.4. The first-order valence-electron chi connectivity index (χ1n) is 9.24. The maximum Gasteiger partial charge on any atom is 0.330 e. The molecule has 0 aliphatic rings. The lowest BCUT2D eigenvalue weighted by atomic mass is 10.3. The molecule has 0 aliphatic carbocycles. The number of likely N-dealkylation sites (N-methyl/N-ethyl adjacent to an activating group) is 1. The van der Waals surface area contributed by atoms with Crippen LogP contribution < -0.4 is 31.9 Å². The van der Waals surface area contributed by atoms with E-state index >= 15 is 0 Å². The van der Waals surface area contributed by atoms with E-state index in [1.165, 1.54) is 9.47 Å². The van der Waals surface area contributed by atoms with Crippen molar-refractivity contribution >= 4 is 23.1 Å². The summed E-state index contributed by atoms with van der Waals surface area (Å²) >= 11 is 0. The van der Waals surface area contributed by atoms with Gasteiger partial charge in [-0.05, 0) is 25.5 Å². The number of nitrogen functional groups attached to an aromatic ring is 1. The SMILES string of the molecule is CCCCn1c(N)c(N(CC)C(=O)CNc2ccccc2OC)c(=O)[nH]c1=O. The molecule has 9 nitrogen and oxygen atoms in total. The topological polar surface area (TPSA) is 122 Å². The van der Waals surface area contributed by atoms with Crippen molar-refractivity contribution in [1.29, 1.82) is 0 Å². The standard InChI is InChI=1S/C19H27N5O4/c1-4-6-11-24-17(20)16(18(26)22-19(24)27)23(5-2)15(25)12-21-13-9-7-8-10-14(13)28-3/h7-10,21H,4-6,11-12,20H2,1-3H3,(H,22,26,27). The number of carbonyl (C=O) groups excluding carboxylic acids is 1. The minimum Gasteiger partial charge on any atom is -0.495 e. The van der Waals surface area contributed by atoms with Gasteiger partial charge in [0, 0.05) is 13.1 Å². The minimum atomic E-state index is -0.678. The number of aromatic nitrogens is 2. The van der Waals surface area contributed by atoms with Crippen LogP contribution >= 0.6 is 0 Å². The lowest BCUT2D eigenvalue weighted by Crippen LogP contribution is -2.43. The smallest absolute Gasteiger partial charge is 0.330 e. The molecule has 0 spiro atoms. The van der Waals surface area contributed by atoms with Gasteiger partial charge in [0.1, 0.15) is 11.6 Å². The van der Waals surface area contributed by atoms with Crippen LogP contribution in [0.25, 0.3) is 0 Å². The zero-order valence-corrected chi connectivity index (χ0v) is 16.4. The van der Waals surface area contributed by atoms with Gasteiger partial charge in [0.2, 0.25) is 5.91 Å². The first-order chi connectivity index (χ1) is 13.4. The monoisotopic (exact) mass is 389 g/mol. The van der Waals surface area contributed by atoms with Crippen molar-refractivity contribution in [2.24, 2.45) is 0 Å². The third-order valence-corrected chi connectivity index (χ3v) is 4.37. The minimum absolute atomic E-state index is 0.00492. The number of nitrogens with zero attached hydrogens (tertiary/aromatic N) is 2. The zero-order chi connectivity index (χ0) is 20.7. The van der Waals surface area contributed by atoms with Crippen molar-refractivity contribution in [2.75, 3.05) is 36.1 Å². The Morgan fingerprint density at radius 1 is 1.29 bits per heavy atom. The second-order valence-electron chi connectivity index (χ2n) is 6.19. The normalized spacial score (nSPS) is 10.5. The van der Waals surface area contributed by atoms with E-state index < -0.39 is 11.2 Å². The number of benzene rings is 1. The van der Waals surface area contributed by atoms with Crippen LogP contribution in [0.4, 0.5) is 17.2 Å². The Kier molecular flexibility index (Phi) is 7.25. The molecule has 1 aromatic carbocycles. The lowest BCUT2D eigenvalue weighted by molar-refractivity contribution is -0.116. The summed E-state index contributed by atoms with van der Waals surface area (Å²) < 4.78 is 6.55. The quantitative estimate of drug-likeness (QED) is 0.596. The molecule has 0 radical (unpaired) electrons. The molecule has 2 aromatic rings. The van der Waals surface area contributed by atoms with Crippen LogP contribution in [0.15, 0.2) is 33.9 Å². The molecule has 2 rings (SSSR count). The maximum atomic E-state index is 12.8. The summed E-state index contributed by atoms with van der Waals surface area (Å²) in [6.45, 7) is 4.25. The van der Waals surface area contributed by atoms with E-state index in [1.54, 1.807) is 26.2 Å². The number of hydrogen-bond donors (Lipinski definition) is 3. The van der Waals surface area contributed by atoms with Crippen molar-refractivity contribution < 1.29 is 9.53 Å². The molecule has 152 valence electrons. The highest BCUT2D eigenvalue weighted by Crippen LogP contribution is 2.23. The average molecular weight is 389 g/mol. The lowest BCUT2D eigenvalue weighted by Gasteiger charge is -2.23. The van der Waals surface area contributed by atoms with Crippen LogP contribution in [0.3, 0.4) is 0 Å². The number of amides is 1. The van der Waals surface area contributed by atoms with Crippen molar-refractivity contribution in [3.05, 3.63) is 45.1 Å². The molecule has 0 fully saturated rings. The number of nitrogens with one attached hydrogen (secondary N) is 2. The summed E-state index contributed by atoms with van der Waals surface area (Å²) in [6, 6.07) is 7.20. The molecule has 0 unspecified atom stereocenters. The molecule has 0 atom stereocenters. The van der Waals surface area contributed by atoms with Gasteiger partial charge in [-0.25, -0.2) is 4.79 Å². The number of carbonyl (C=O) groups is 1. The number of aromatic amines is 1. The van der Waals surface area contributed by atoms with E-state index in [0.717, 1.165) is 12.8 Å². The number of methoxy groups -OCH3 is 1. The fourth-order valence-corrected chi connectivity index (χ4v) is 2.89. The number of anilines is 3. The molecule has 1 amide bonds. The van der Waals surface area contributed by atoms with E-state index in [-0.39, 0.29) is 30.5 Å². The average Bonchev–Trinajstić information content (AvgIpc) is 2.69. The second kappa shape index (κ2) is 9.63. The Balaban J connectivity index is 2.30. The van der Waals surface area contributed by atoms with Crippen LogP contribution in [-0.2, 0) is 11.3 Å². The highest BCUT2D eigenvalue weighted by atomic mass is 16.5. The molecule has 1 aromatic heterocycles. The largest absolute Gasteiger partial charge is 0.495 e. The highest BCUT2D eigenvalue weighted by Gasteiger charge is 2.22. The Morgan fingerprint density at radius 2 is 2.00 bits per heavy atom. The van der Waals surface area contributed by atoms with Gasteiger partial charge in [-0.2, -0.15) is 0 Å². The summed E-state index contributed by atoms with van der Waals surface area (Å²) in [5.41, 5.74) is 5.50. The molecule has 0 bridgehead atoms. The Hall–Kier alpha value is -3.23. The van der Waals surface area contributed by atoms with E-state index in [9.17, 15) is 14.4 Å². The van der Waals surface area contributed by atoms with E-state index in [0.29, 0.717) is 18.0 Å². The van der Waals surface area contributed by atoms with Gasteiger partial charge in [0.25, 0.3) is 5.56 Å². The van der Waals surface area contributed by atoms with Crippen molar-refractivity contribution in [3.8, 4) is 5.75 Å². The summed E-state index contributed by atoms with van der Waals surface area (Å²) in [5.74, 6) is 0.241. The van der Waals surface area contributed by atoms with Crippen LogP contribution in [0.5, 0.6) is 5.75 Å². The van der Waals surface area contributed by atoms with Crippen LogP contribution in [0.2, 0.25) is 0 Å². The van der Waals surface area contributed by atoms with Crippen LogP contribution in [0, 0.1) is 0 Å². The van der Waals surface area contributed by atoms with E-state index in [4.69, 9.17) is 10.5 Å². The predicted octanol–water partition coefficient (Wildman–Crippen LogP) is 1.39. The second-order valence-corrected chi connectivity index (χ2v) is 6.19. The molecular formula is C19H27N5O4. The summed E-state index contributed by atoms with van der Waals surface area (Å²) in [4.78, 5) is 40.8. The van der Waals surface area contributed by atoms with Gasteiger partial charge in [0.15, 0.2) is 5.69 Å². The number of ether oxygens (including phenoxy) is 1. The predicted molar refractivity (Wildman–Crippen MR) is 110 cm³/mol. The number of H-pyrrole nitrogens is 1. The molecule has 1 heterocycles. The third kappa shape index (κ3) is 4.54. The van der Waals surface area contributed by atoms with Crippen LogP contribution in [0.1, 0.15) is 26.7 Å².